The second kappa shape index (κ2) is 8.68. The maximum absolute atomic E-state index is 12.6. The van der Waals surface area contributed by atoms with Gasteiger partial charge in [-0.1, -0.05) is 0 Å². The molecular weight excluding hydrogens is 416 g/mol. The molecule has 1 aliphatic heterocycles. The third-order valence-electron chi connectivity index (χ3n) is 4.35. The summed E-state index contributed by atoms with van der Waals surface area (Å²) in [5, 5.41) is 4.96. The Hall–Kier alpha value is -1.86. The number of carbonyl (C=O) groups excluding carboxylic acids is 2. The van der Waals surface area contributed by atoms with Crippen molar-refractivity contribution >= 4 is 39.1 Å². The maximum Gasteiger partial charge on any atom is 0.262 e. The first-order valence-corrected chi connectivity index (χ1v) is 10.3. The number of amides is 2. The van der Waals surface area contributed by atoms with E-state index >= 15 is 0 Å². The number of nitrogens with one attached hydrogen (secondary N) is 1. The molecule has 138 valence electrons. The lowest BCUT2D eigenvalue weighted by Crippen LogP contribution is -2.46. The van der Waals surface area contributed by atoms with E-state index in [0.717, 1.165) is 23.1 Å². The summed E-state index contributed by atoms with van der Waals surface area (Å²) in [4.78, 5) is 27.5. The van der Waals surface area contributed by atoms with E-state index in [1.54, 1.807) is 12.1 Å². The van der Waals surface area contributed by atoms with Crippen LogP contribution in [0.3, 0.4) is 0 Å². The molecule has 0 aliphatic carbocycles. The third kappa shape index (κ3) is 4.45. The van der Waals surface area contributed by atoms with Gasteiger partial charge in [0.15, 0.2) is 0 Å². The lowest BCUT2D eigenvalue weighted by atomic mass is 10.0. The molecule has 0 atom stereocenters. The molecule has 0 bridgehead atoms. The van der Waals surface area contributed by atoms with E-state index in [2.05, 4.69) is 21.2 Å². The summed E-state index contributed by atoms with van der Waals surface area (Å²) in [7, 11) is 0. The molecule has 1 fully saturated rings. The molecule has 1 aromatic heterocycles. The lowest BCUT2D eigenvalue weighted by Gasteiger charge is -2.32. The minimum absolute atomic E-state index is 0.0267. The molecule has 0 spiro atoms. The Morgan fingerprint density at radius 1 is 1.23 bits per heavy atom. The first-order chi connectivity index (χ1) is 12.6. The highest BCUT2D eigenvalue weighted by Gasteiger charge is 2.25. The average Bonchev–Trinajstić information content (AvgIpc) is 3.09. The number of carbonyl (C=O) groups is 2. The van der Waals surface area contributed by atoms with Gasteiger partial charge < -0.3 is 15.0 Å². The van der Waals surface area contributed by atoms with Crippen LogP contribution in [0.25, 0.3) is 0 Å². The van der Waals surface area contributed by atoms with E-state index in [1.807, 2.05) is 35.4 Å². The average molecular weight is 437 g/mol. The molecule has 1 N–H and O–H groups in total. The van der Waals surface area contributed by atoms with E-state index in [4.69, 9.17) is 4.74 Å². The predicted octanol–water partition coefficient (Wildman–Crippen LogP) is 3.94. The van der Waals surface area contributed by atoms with Crippen molar-refractivity contribution in [2.75, 3.05) is 19.7 Å². The third-order valence-corrected chi connectivity index (χ3v) is 6.19. The standard InChI is InChI=1S/C19H21BrN2O3S/c1-2-25-15-5-3-13(4-6-15)19(24)22-10-7-14(8-11-22)21-18(23)17-16(20)9-12-26-17/h3-6,9,12,14H,2,7-8,10-11H2,1H3,(H,21,23). The number of nitrogens with zero attached hydrogens (tertiary/aromatic N) is 1. The van der Waals surface area contributed by atoms with Crippen molar-refractivity contribution in [1.82, 2.24) is 10.2 Å². The van der Waals surface area contributed by atoms with Crippen molar-refractivity contribution in [3.8, 4) is 5.75 Å². The summed E-state index contributed by atoms with van der Waals surface area (Å²) >= 11 is 4.81. The minimum Gasteiger partial charge on any atom is -0.494 e. The number of likely N-dealkylation sites (tertiary alicyclic amines) is 1. The van der Waals surface area contributed by atoms with Crippen LogP contribution in [0.2, 0.25) is 0 Å². The Balaban J connectivity index is 1.52. The number of hydrogen-bond acceptors (Lipinski definition) is 4. The van der Waals surface area contributed by atoms with Crippen molar-refractivity contribution in [3.05, 3.63) is 50.6 Å². The Kier molecular flexibility index (Phi) is 6.32. The van der Waals surface area contributed by atoms with Gasteiger partial charge in [0.2, 0.25) is 0 Å². The summed E-state index contributed by atoms with van der Waals surface area (Å²) in [6.45, 7) is 3.82. The molecule has 2 amide bonds. The SMILES string of the molecule is CCOc1ccc(C(=O)N2CCC(NC(=O)c3sccc3Br)CC2)cc1. The predicted molar refractivity (Wildman–Crippen MR) is 106 cm³/mol. The van der Waals surface area contributed by atoms with Crippen molar-refractivity contribution in [2.45, 2.75) is 25.8 Å². The van der Waals surface area contributed by atoms with Crippen LogP contribution in [0.15, 0.2) is 40.2 Å². The molecule has 1 saturated heterocycles. The van der Waals surface area contributed by atoms with Gasteiger partial charge in [0, 0.05) is 29.2 Å². The molecule has 1 aromatic carbocycles. The first kappa shape index (κ1) is 18.9. The van der Waals surface area contributed by atoms with Crippen LogP contribution < -0.4 is 10.1 Å². The number of hydrogen-bond donors (Lipinski definition) is 1. The zero-order valence-corrected chi connectivity index (χ0v) is 16.9. The Labute approximate surface area is 165 Å². The molecule has 3 rings (SSSR count). The summed E-state index contributed by atoms with van der Waals surface area (Å²) in [6, 6.07) is 9.22. The second-order valence-corrected chi connectivity index (χ2v) is 7.87. The topological polar surface area (TPSA) is 58.6 Å². The van der Waals surface area contributed by atoms with Gasteiger partial charge in [-0.25, -0.2) is 0 Å². The molecule has 2 heterocycles. The van der Waals surface area contributed by atoms with Gasteiger partial charge in [0.25, 0.3) is 11.8 Å². The molecule has 0 saturated carbocycles. The fourth-order valence-electron chi connectivity index (χ4n) is 2.98. The van der Waals surface area contributed by atoms with Crippen LogP contribution >= 0.6 is 27.3 Å². The van der Waals surface area contributed by atoms with Crippen molar-refractivity contribution < 1.29 is 14.3 Å². The highest BCUT2D eigenvalue weighted by molar-refractivity contribution is 9.10. The quantitative estimate of drug-likeness (QED) is 0.771. The summed E-state index contributed by atoms with van der Waals surface area (Å²) < 4.78 is 6.23. The molecule has 7 heteroatoms. The van der Waals surface area contributed by atoms with E-state index in [1.165, 1.54) is 11.3 Å². The van der Waals surface area contributed by atoms with Gasteiger partial charge in [0.1, 0.15) is 10.6 Å². The van der Waals surface area contributed by atoms with Crippen molar-refractivity contribution in [3.63, 3.8) is 0 Å². The molecule has 5 nitrogen and oxygen atoms in total. The molecule has 0 radical (unpaired) electrons. The van der Waals surface area contributed by atoms with Crippen molar-refractivity contribution in [2.24, 2.45) is 0 Å². The van der Waals surface area contributed by atoms with Gasteiger partial charge in [-0.15, -0.1) is 11.3 Å². The molecule has 0 unspecified atom stereocenters. The van der Waals surface area contributed by atoms with Gasteiger partial charge in [-0.3, -0.25) is 9.59 Å². The Morgan fingerprint density at radius 2 is 1.92 bits per heavy atom. The fraction of sp³-hybridized carbons (Fsp3) is 0.368. The van der Waals surface area contributed by atoms with Crippen LogP contribution in [0.5, 0.6) is 5.75 Å². The van der Waals surface area contributed by atoms with Gasteiger partial charge in [-0.05, 0) is 71.4 Å². The van der Waals surface area contributed by atoms with Gasteiger partial charge >= 0.3 is 0 Å². The summed E-state index contributed by atoms with van der Waals surface area (Å²) in [5.74, 6) is 0.743. The molecule has 2 aromatic rings. The number of thiophene rings is 1. The van der Waals surface area contributed by atoms with E-state index in [9.17, 15) is 9.59 Å². The zero-order chi connectivity index (χ0) is 18.5. The van der Waals surface area contributed by atoms with Crippen LogP contribution in [0.1, 0.15) is 39.8 Å². The van der Waals surface area contributed by atoms with E-state index < -0.39 is 0 Å². The number of halogens is 1. The highest BCUT2D eigenvalue weighted by atomic mass is 79.9. The zero-order valence-electron chi connectivity index (χ0n) is 14.5. The smallest absolute Gasteiger partial charge is 0.262 e. The first-order valence-electron chi connectivity index (χ1n) is 8.64. The second-order valence-electron chi connectivity index (χ2n) is 6.09. The Bertz CT molecular complexity index is 767. The summed E-state index contributed by atoms with van der Waals surface area (Å²) in [5.41, 5.74) is 0.665. The van der Waals surface area contributed by atoms with Gasteiger partial charge in [-0.2, -0.15) is 0 Å². The van der Waals surface area contributed by atoms with Gasteiger partial charge in [0.05, 0.1) is 6.61 Å². The van der Waals surface area contributed by atoms with E-state index in [0.29, 0.717) is 30.1 Å². The molecule has 26 heavy (non-hydrogen) atoms. The fourth-order valence-corrected chi connectivity index (χ4v) is 4.43. The largest absolute Gasteiger partial charge is 0.494 e. The van der Waals surface area contributed by atoms with Crippen molar-refractivity contribution in [1.29, 1.82) is 0 Å². The summed E-state index contributed by atoms with van der Waals surface area (Å²) in [6.07, 6.45) is 1.52. The monoisotopic (exact) mass is 436 g/mol. The number of piperidine rings is 1. The normalized spacial score (nSPS) is 14.9. The number of rotatable bonds is 5. The molecule has 1 aliphatic rings. The number of ether oxygens (including phenoxy) is 1. The molecular formula is C19H21BrN2O3S. The van der Waals surface area contributed by atoms with Crippen LogP contribution in [-0.4, -0.2) is 42.5 Å². The Morgan fingerprint density at radius 3 is 2.50 bits per heavy atom. The van der Waals surface area contributed by atoms with Crippen LogP contribution in [0, 0.1) is 0 Å². The van der Waals surface area contributed by atoms with Crippen LogP contribution in [-0.2, 0) is 0 Å². The highest BCUT2D eigenvalue weighted by Crippen LogP contribution is 2.23. The maximum atomic E-state index is 12.6. The lowest BCUT2D eigenvalue weighted by molar-refractivity contribution is 0.0698. The van der Waals surface area contributed by atoms with E-state index in [-0.39, 0.29) is 17.9 Å². The minimum atomic E-state index is -0.0526. The van der Waals surface area contributed by atoms with Crippen LogP contribution in [0.4, 0.5) is 0 Å². The number of benzene rings is 1.